The summed E-state index contributed by atoms with van der Waals surface area (Å²) in [5.74, 6) is 1.18. The second-order valence-corrected chi connectivity index (χ2v) is 5.29. The van der Waals surface area contributed by atoms with Crippen molar-refractivity contribution in [3.05, 3.63) is 0 Å². The van der Waals surface area contributed by atoms with E-state index in [4.69, 9.17) is 4.99 Å². The summed E-state index contributed by atoms with van der Waals surface area (Å²) in [7, 11) is 4.13. The Morgan fingerprint density at radius 2 is 2.00 bits per heavy atom. The first-order valence-corrected chi connectivity index (χ1v) is 5.97. The molecule has 1 rings (SSSR count). The van der Waals surface area contributed by atoms with Gasteiger partial charge in [0.2, 0.25) is 0 Å². The standard InChI is InChI=1S/C9H17N3.W/c1-6-8-10-9(2,3)7-12(8)11(4)5;/h6H2,1-5H3;. The van der Waals surface area contributed by atoms with Gasteiger partial charge < -0.3 is 0 Å². The van der Waals surface area contributed by atoms with Gasteiger partial charge in [-0.05, 0) is 0 Å². The van der Waals surface area contributed by atoms with E-state index in [9.17, 15) is 0 Å². The fraction of sp³-hybridized carbons (Fsp3) is 0.778. The van der Waals surface area contributed by atoms with Crippen molar-refractivity contribution in [1.29, 1.82) is 0 Å². The number of hydrogen-bond acceptors (Lipinski definition) is 3. The fourth-order valence-electron chi connectivity index (χ4n) is 1.44. The molecule has 0 aromatic heterocycles. The number of amidine groups is 1. The third-order valence-electron chi connectivity index (χ3n) is 2.09. The maximum absolute atomic E-state index is 4.71. The molecule has 3 nitrogen and oxygen atoms in total. The minimum atomic E-state index is 0.00491. The normalized spacial score (nSPS) is 21.2. The molecule has 0 atom stereocenters. The summed E-state index contributed by atoms with van der Waals surface area (Å²) in [5, 5.41) is 4.34. The fourth-order valence-corrected chi connectivity index (χ4v) is 2.56. The molecular weight excluding hydrogens is 334 g/mol. The van der Waals surface area contributed by atoms with Crippen LogP contribution in [0.25, 0.3) is 0 Å². The summed E-state index contributed by atoms with van der Waals surface area (Å²) >= 11 is 1.50. The molecule has 0 bridgehead atoms. The molecule has 0 fully saturated rings. The molecule has 13 heavy (non-hydrogen) atoms. The summed E-state index contributed by atoms with van der Waals surface area (Å²) in [6.45, 7) is 6.50. The molecular formula is C9H17N3W. The summed E-state index contributed by atoms with van der Waals surface area (Å²) in [5.41, 5.74) is 0.00491. The number of aliphatic imine (C=N–C) groups is 1. The molecule has 0 N–H and O–H groups in total. The molecule has 0 spiro atoms. The van der Waals surface area contributed by atoms with Crippen LogP contribution in [0.5, 0.6) is 0 Å². The van der Waals surface area contributed by atoms with Crippen LogP contribution in [0.15, 0.2) is 4.99 Å². The number of hydrazine groups is 1. The third-order valence-corrected chi connectivity index (χ3v) is 4.50. The van der Waals surface area contributed by atoms with E-state index in [0.29, 0.717) is 0 Å². The van der Waals surface area contributed by atoms with Crippen molar-refractivity contribution in [1.82, 2.24) is 10.0 Å². The SMILES string of the molecule is CCC1=NC(C)(C)[C](=[W])N1N(C)C. The molecule has 1 aliphatic heterocycles. The van der Waals surface area contributed by atoms with Crippen molar-refractivity contribution in [3.8, 4) is 0 Å². The Morgan fingerprint density at radius 1 is 1.46 bits per heavy atom. The van der Waals surface area contributed by atoms with Crippen LogP contribution < -0.4 is 0 Å². The Hall–Kier alpha value is -0.0117. The van der Waals surface area contributed by atoms with Crippen LogP contribution in [0.1, 0.15) is 27.2 Å². The molecule has 0 aromatic rings. The average Bonchev–Trinajstić information content (AvgIpc) is 2.23. The van der Waals surface area contributed by atoms with E-state index >= 15 is 0 Å². The summed E-state index contributed by atoms with van der Waals surface area (Å²) in [4.78, 5) is 4.71. The zero-order valence-corrected chi connectivity index (χ0v) is 11.9. The quantitative estimate of drug-likeness (QED) is 0.741. The van der Waals surface area contributed by atoms with Gasteiger partial charge in [0.05, 0.1) is 0 Å². The van der Waals surface area contributed by atoms with Gasteiger partial charge in [-0.15, -0.1) is 0 Å². The summed E-state index contributed by atoms with van der Waals surface area (Å²) in [6.07, 6.45) is 0.998. The van der Waals surface area contributed by atoms with Crippen LogP contribution >= 0.6 is 0 Å². The van der Waals surface area contributed by atoms with Gasteiger partial charge >= 0.3 is 91.0 Å². The van der Waals surface area contributed by atoms with Crippen molar-refractivity contribution >= 4 is 9.86 Å². The van der Waals surface area contributed by atoms with E-state index in [1.807, 2.05) is 0 Å². The predicted octanol–water partition coefficient (Wildman–Crippen LogP) is 1.04. The van der Waals surface area contributed by atoms with Gasteiger partial charge in [0, 0.05) is 0 Å². The van der Waals surface area contributed by atoms with Crippen molar-refractivity contribution in [3.63, 3.8) is 0 Å². The van der Waals surface area contributed by atoms with Gasteiger partial charge in [-0.2, -0.15) is 0 Å². The van der Waals surface area contributed by atoms with Crippen LogP contribution in [-0.4, -0.2) is 39.5 Å². The molecule has 0 aromatic carbocycles. The Labute approximate surface area is 91.2 Å². The van der Waals surface area contributed by atoms with Gasteiger partial charge in [-0.1, -0.05) is 0 Å². The number of hydrogen-bond donors (Lipinski definition) is 0. The van der Waals surface area contributed by atoms with E-state index in [2.05, 4.69) is 44.9 Å². The Kier molecular flexibility index (Phi) is 3.08. The molecule has 0 amide bonds. The molecule has 1 aliphatic rings. The maximum atomic E-state index is 4.71. The first-order valence-electron chi connectivity index (χ1n) is 4.50. The van der Waals surface area contributed by atoms with E-state index in [0.717, 1.165) is 6.42 Å². The number of rotatable bonds is 2. The Balaban J connectivity index is 3.00. The van der Waals surface area contributed by atoms with Gasteiger partial charge in [0.1, 0.15) is 0 Å². The average molecular weight is 351 g/mol. The number of nitrogens with zero attached hydrogens (tertiary/aromatic N) is 3. The second kappa shape index (κ2) is 3.62. The van der Waals surface area contributed by atoms with Crippen molar-refractivity contribution in [2.24, 2.45) is 4.99 Å². The van der Waals surface area contributed by atoms with Gasteiger partial charge in [0.25, 0.3) is 0 Å². The van der Waals surface area contributed by atoms with E-state index in [1.54, 1.807) is 0 Å². The first-order chi connectivity index (χ1) is 5.90. The molecule has 74 valence electrons. The molecule has 4 heteroatoms. The second-order valence-electron chi connectivity index (χ2n) is 3.90. The van der Waals surface area contributed by atoms with Gasteiger partial charge in [-0.3, -0.25) is 0 Å². The molecule has 0 saturated heterocycles. The molecule has 0 unspecified atom stereocenters. The molecule has 0 saturated carbocycles. The van der Waals surface area contributed by atoms with Crippen LogP contribution in [-0.2, 0) is 19.4 Å². The zero-order valence-electron chi connectivity index (χ0n) is 8.96. The van der Waals surface area contributed by atoms with Crippen LogP contribution in [0.3, 0.4) is 0 Å². The van der Waals surface area contributed by atoms with Crippen molar-refractivity contribution in [2.45, 2.75) is 32.7 Å². The third kappa shape index (κ3) is 1.92. The van der Waals surface area contributed by atoms with Crippen LogP contribution in [0.4, 0.5) is 0 Å². The van der Waals surface area contributed by atoms with Crippen LogP contribution in [0.2, 0.25) is 0 Å². The predicted molar refractivity (Wildman–Crippen MR) is 52.3 cm³/mol. The Bertz CT molecular complexity index is 256. The first kappa shape index (κ1) is 11.1. The van der Waals surface area contributed by atoms with Crippen molar-refractivity contribution in [2.75, 3.05) is 14.1 Å². The zero-order chi connectivity index (χ0) is 10.2. The molecule has 0 aliphatic carbocycles. The molecule has 0 radical (unpaired) electrons. The summed E-state index contributed by atoms with van der Waals surface area (Å²) in [6, 6.07) is 0. The van der Waals surface area contributed by atoms with Crippen LogP contribution in [0, 0.1) is 0 Å². The van der Waals surface area contributed by atoms with E-state index in [-0.39, 0.29) is 5.54 Å². The monoisotopic (exact) mass is 351 g/mol. The Morgan fingerprint density at radius 3 is 2.31 bits per heavy atom. The minimum absolute atomic E-state index is 0.00491. The molecule has 1 heterocycles. The van der Waals surface area contributed by atoms with E-state index in [1.165, 1.54) is 29.2 Å². The summed E-state index contributed by atoms with van der Waals surface area (Å²) < 4.78 is 1.38. The van der Waals surface area contributed by atoms with E-state index < -0.39 is 0 Å². The van der Waals surface area contributed by atoms with Crippen molar-refractivity contribution < 1.29 is 19.4 Å². The van der Waals surface area contributed by atoms with Gasteiger partial charge in [0.15, 0.2) is 0 Å². The van der Waals surface area contributed by atoms with Gasteiger partial charge in [-0.25, -0.2) is 0 Å². The topological polar surface area (TPSA) is 18.8 Å².